The fraction of sp³-hybridized carbons (Fsp3) is 0.731. The Labute approximate surface area is 191 Å². The summed E-state index contributed by atoms with van der Waals surface area (Å²) in [5.41, 5.74) is 1.35. The van der Waals surface area contributed by atoms with Crippen LogP contribution in [0, 0.1) is 23.2 Å². The van der Waals surface area contributed by atoms with Crippen LogP contribution in [0.3, 0.4) is 0 Å². The van der Waals surface area contributed by atoms with Gasteiger partial charge in [0.15, 0.2) is 0 Å². The Morgan fingerprint density at radius 3 is 2.81 bits per heavy atom. The Hall–Kier alpha value is -1.79. The zero-order valence-corrected chi connectivity index (χ0v) is 19.6. The predicted octanol–water partition coefficient (Wildman–Crippen LogP) is 3.34. The quantitative estimate of drug-likeness (QED) is 0.529. The summed E-state index contributed by atoms with van der Waals surface area (Å²) in [6.07, 6.45) is 4.94. The molecule has 32 heavy (non-hydrogen) atoms. The lowest BCUT2D eigenvalue weighted by Gasteiger charge is -2.49. The molecule has 3 heterocycles. The van der Waals surface area contributed by atoms with Crippen molar-refractivity contribution in [3.05, 3.63) is 24.3 Å². The number of carbonyl (C=O) groups is 1. The number of ether oxygens (including phenoxy) is 3. The predicted molar refractivity (Wildman–Crippen MR) is 122 cm³/mol. The van der Waals surface area contributed by atoms with E-state index in [2.05, 4.69) is 35.8 Å². The number of hydrogen-bond acceptors (Lipinski definition) is 6. The van der Waals surface area contributed by atoms with Gasteiger partial charge in [0.05, 0.1) is 19.1 Å². The van der Waals surface area contributed by atoms with Gasteiger partial charge in [0, 0.05) is 55.8 Å². The third-order valence-corrected chi connectivity index (χ3v) is 9.44. The fourth-order valence-electron chi connectivity index (χ4n) is 7.72. The number of rotatable bonds is 4. The second kappa shape index (κ2) is 7.36. The molecule has 174 valence electrons. The van der Waals surface area contributed by atoms with Gasteiger partial charge in [-0.25, -0.2) is 0 Å². The third-order valence-electron chi connectivity index (χ3n) is 9.44. The molecule has 2 aliphatic carbocycles. The summed E-state index contributed by atoms with van der Waals surface area (Å²) in [7, 11) is 1.71. The number of fused-ring (bicyclic) bond motifs is 2. The standard InChI is InChI=1S/C26H36N2O4/c1-17-6-5-9-25(2)15-21-22(23-26(17,25)32-23)20(24(29)31-21)16-27-10-12-28(13-11-27)18-7-4-8-19(14-18)30-3/h4,7-8,14,17,20-23H,5-6,9-13,15-16H2,1-3H3/t17-,20-,21-,22+,23-,25+,26+/m1/s1. The van der Waals surface area contributed by atoms with Crippen LogP contribution in [0.2, 0.25) is 0 Å². The Morgan fingerprint density at radius 2 is 2.03 bits per heavy atom. The number of methoxy groups -OCH3 is 1. The monoisotopic (exact) mass is 440 g/mol. The molecule has 7 atom stereocenters. The van der Waals surface area contributed by atoms with Gasteiger partial charge >= 0.3 is 5.97 Å². The molecule has 1 aromatic rings. The molecule has 6 heteroatoms. The summed E-state index contributed by atoms with van der Waals surface area (Å²) in [6.45, 7) is 9.39. The van der Waals surface area contributed by atoms with E-state index in [9.17, 15) is 4.79 Å². The van der Waals surface area contributed by atoms with Gasteiger partial charge in [-0.1, -0.05) is 26.3 Å². The molecule has 2 saturated carbocycles. The number of hydrogen-bond donors (Lipinski definition) is 0. The van der Waals surface area contributed by atoms with Gasteiger partial charge in [0.25, 0.3) is 0 Å². The molecule has 1 aromatic carbocycles. The molecule has 1 spiro atoms. The van der Waals surface area contributed by atoms with Crippen molar-refractivity contribution in [1.82, 2.24) is 4.90 Å². The Kier molecular flexibility index (Phi) is 4.78. The van der Waals surface area contributed by atoms with E-state index in [-0.39, 0.29) is 41.0 Å². The summed E-state index contributed by atoms with van der Waals surface area (Å²) >= 11 is 0. The molecule has 3 saturated heterocycles. The van der Waals surface area contributed by atoms with E-state index < -0.39 is 0 Å². The van der Waals surface area contributed by atoms with E-state index >= 15 is 0 Å². The SMILES string of the molecule is COc1cccc(N2CCN(C[C@H]3C(=O)O[C@@H]4C[C@]5(C)CCC[C@@H](C)[C@@]56O[C@@H]6[C@H]43)CC2)c1. The number of nitrogens with zero attached hydrogens (tertiary/aromatic N) is 2. The van der Waals surface area contributed by atoms with Gasteiger partial charge < -0.3 is 19.1 Å². The first-order valence-electron chi connectivity index (χ1n) is 12.4. The van der Waals surface area contributed by atoms with Gasteiger partial charge in [-0.15, -0.1) is 0 Å². The number of benzene rings is 1. The lowest BCUT2D eigenvalue weighted by molar-refractivity contribution is -0.146. The highest BCUT2D eigenvalue weighted by atomic mass is 16.6. The average Bonchev–Trinajstić information content (AvgIpc) is 3.48. The highest BCUT2D eigenvalue weighted by molar-refractivity contribution is 5.76. The van der Waals surface area contributed by atoms with Crippen LogP contribution in [0.25, 0.3) is 0 Å². The highest BCUT2D eigenvalue weighted by Gasteiger charge is 2.78. The Balaban J connectivity index is 1.13. The van der Waals surface area contributed by atoms with Crippen molar-refractivity contribution in [3.63, 3.8) is 0 Å². The molecule has 6 rings (SSSR count). The van der Waals surface area contributed by atoms with E-state index in [1.807, 2.05) is 12.1 Å². The van der Waals surface area contributed by atoms with Crippen molar-refractivity contribution < 1.29 is 19.0 Å². The van der Waals surface area contributed by atoms with Crippen molar-refractivity contribution in [2.75, 3.05) is 44.7 Å². The lowest BCUT2D eigenvalue weighted by Crippen LogP contribution is -2.55. The number of epoxide rings is 1. The molecule has 0 aromatic heterocycles. The van der Waals surface area contributed by atoms with Crippen molar-refractivity contribution in [1.29, 1.82) is 0 Å². The summed E-state index contributed by atoms with van der Waals surface area (Å²) in [6, 6.07) is 8.27. The van der Waals surface area contributed by atoms with Crippen LogP contribution in [0.4, 0.5) is 5.69 Å². The second-order valence-corrected chi connectivity index (χ2v) is 11.0. The van der Waals surface area contributed by atoms with Crippen LogP contribution in [0.5, 0.6) is 5.75 Å². The molecular weight excluding hydrogens is 404 g/mol. The average molecular weight is 441 g/mol. The number of esters is 1. The number of anilines is 1. The minimum Gasteiger partial charge on any atom is -0.497 e. The molecule has 0 bridgehead atoms. The molecule has 3 aliphatic heterocycles. The topological polar surface area (TPSA) is 54.5 Å². The van der Waals surface area contributed by atoms with E-state index in [1.54, 1.807) is 7.11 Å². The minimum atomic E-state index is -0.0496. The summed E-state index contributed by atoms with van der Waals surface area (Å²) in [4.78, 5) is 17.9. The smallest absolute Gasteiger partial charge is 0.311 e. The largest absolute Gasteiger partial charge is 0.497 e. The van der Waals surface area contributed by atoms with Crippen LogP contribution in [-0.2, 0) is 14.3 Å². The first-order valence-corrected chi connectivity index (χ1v) is 12.4. The summed E-state index contributed by atoms with van der Waals surface area (Å²) < 4.78 is 18.0. The Bertz CT molecular complexity index is 900. The maximum absolute atomic E-state index is 13.0. The molecule has 0 N–H and O–H groups in total. The third kappa shape index (κ3) is 2.95. The molecule has 0 amide bonds. The second-order valence-electron chi connectivity index (χ2n) is 11.0. The zero-order chi connectivity index (χ0) is 22.1. The Morgan fingerprint density at radius 1 is 1.22 bits per heavy atom. The lowest BCUT2D eigenvalue weighted by atomic mass is 9.53. The number of piperazine rings is 1. The summed E-state index contributed by atoms with van der Waals surface area (Å²) in [5, 5.41) is 0. The molecule has 5 aliphatic rings. The molecule has 5 fully saturated rings. The van der Waals surface area contributed by atoms with Crippen LogP contribution < -0.4 is 9.64 Å². The van der Waals surface area contributed by atoms with E-state index in [0.29, 0.717) is 5.92 Å². The zero-order valence-electron chi connectivity index (χ0n) is 19.6. The molecule has 0 radical (unpaired) electrons. The number of carbonyl (C=O) groups excluding carboxylic acids is 1. The minimum absolute atomic E-state index is 0.00998. The van der Waals surface area contributed by atoms with E-state index in [1.165, 1.54) is 24.9 Å². The first-order chi connectivity index (χ1) is 15.4. The van der Waals surface area contributed by atoms with Gasteiger partial charge in [0.2, 0.25) is 0 Å². The maximum atomic E-state index is 13.0. The van der Waals surface area contributed by atoms with Gasteiger partial charge in [0.1, 0.15) is 17.5 Å². The molecular formula is C26H36N2O4. The normalized spacial score (nSPS) is 43.2. The van der Waals surface area contributed by atoms with Crippen molar-refractivity contribution in [2.24, 2.45) is 23.2 Å². The summed E-state index contributed by atoms with van der Waals surface area (Å²) in [5.74, 6) is 1.66. The van der Waals surface area contributed by atoms with Gasteiger partial charge in [-0.3, -0.25) is 9.69 Å². The van der Waals surface area contributed by atoms with Crippen molar-refractivity contribution in [3.8, 4) is 5.75 Å². The first kappa shape index (κ1) is 20.8. The van der Waals surface area contributed by atoms with E-state index in [4.69, 9.17) is 14.2 Å². The molecule has 0 unspecified atom stereocenters. The van der Waals surface area contributed by atoms with Gasteiger partial charge in [-0.2, -0.15) is 0 Å². The van der Waals surface area contributed by atoms with Crippen molar-refractivity contribution in [2.45, 2.75) is 57.3 Å². The highest BCUT2D eigenvalue weighted by Crippen LogP contribution is 2.70. The maximum Gasteiger partial charge on any atom is 0.311 e. The van der Waals surface area contributed by atoms with Crippen LogP contribution >= 0.6 is 0 Å². The fourth-order valence-corrected chi connectivity index (χ4v) is 7.72. The van der Waals surface area contributed by atoms with Crippen LogP contribution in [0.1, 0.15) is 39.5 Å². The van der Waals surface area contributed by atoms with Crippen LogP contribution in [-0.4, -0.2) is 68.5 Å². The van der Waals surface area contributed by atoms with Gasteiger partial charge in [-0.05, 0) is 37.3 Å². The molecule has 6 nitrogen and oxygen atoms in total. The van der Waals surface area contributed by atoms with Crippen LogP contribution in [0.15, 0.2) is 24.3 Å². The van der Waals surface area contributed by atoms with E-state index in [0.717, 1.165) is 44.9 Å². The van der Waals surface area contributed by atoms with Crippen molar-refractivity contribution >= 4 is 11.7 Å².